The molecule has 8 nitrogen and oxygen atoms in total. The first-order chi connectivity index (χ1) is 10.4. The molecule has 0 heterocycles. The standard InChI is InChI=1S/C14H11NO7/c16-9-6-10(22-7-8-4-2-1-3-5-8)12(15(20)21)13(17)11(9)14(18)19/h1-6,16-17H,7H2,(H,18,19). The highest BCUT2D eigenvalue weighted by Crippen LogP contribution is 2.43. The van der Waals surface area contributed by atoms with E-state index in [2.05, 4.69) is 0 Å². The number of nitrogens with zero attached hydrogens (tertiary/aromatic N) is 1. The zero-order chi connectivity index (χ0) is 16.3. The number of rotatable bonds is 5. The van der Waals surface area contributed by atoms with Crippen molar-refractivity contribution in [1.82, 2.24) is 0 Å². The summed E-state index contributed by atoms with van der Waals surface area (Å²) < 4.78 is 5.23. The maximum atomic E-state index is 11.0. The summed E-state index contributed by atoms with van der Waals surface area (Å²) in [6, 6.07) is 9.51. The van der Waals surface area contributed by atoms with Gasteiger partial charge in [0, 0.05) is 6.07 Å². The van der Waals surface area contributed by atoms with E-state index in [0.29, 0.717) is 5.56 Å². The lowest BCUT2D eigenvalue weighted by atomic mass is 10.1. The average Bonchev–Trinajstić information content (AvgIpc) is 2.44. The summed E-state index contributed by atoms with van der Waals surface area (Å²) in [5.41, 5.74) is -1.15. The minimum Gasteiger partial charge on any atom is -0.507 e. The minimum atomic E-state index is -1.69. The van der Waals surface area contributed by atoms with Crippen LogP contribution in [-0.4, -0.2) is 26.2 Å². The third-order valence-electron chi connectivity index (χ3n) is 2.85. The van der Waals surface area contributed by atoms with Gasteiger partial charge in [-0.2, -0.15) is 0 Å². The number of carboxylic acid groups (broad SMARTS) is 1. The topological polar surface area (TPSA) is 130 Å². The van der Waals surface area contributed by atoms with Crippen LogP contribution in [0.25, 0.3) is 0 Å². The summed E-state index contributed by atoms with van der Waals surface area (Å²) in [6.45, 7) is -0.0486. The lowest BCUT2D eigenvalue weighted by molar-refractivity contribution is -0.387. The maximum absolute atomic E-state index is 11.0. The van der Waals surface area contributed by atoms with Crippen LogP contribution in [-0.2, 0) is 6.61 Å². The average molecular weight is 305 g/mol. The SMILES string of the molecule is O=C(O)c1c(O)cc(OCc2ccccc2)c([N+](=O)[O-])c1O. The highest BCUT2D eigenvalue weighted by molar-refractivity contribution is 5.96. The summed E-state index contributed by atoms with van der Waals surface area (Å²) in [5, 5.41) is 39.2. The molecule has 0 spiro atoms. The van der Waals surface area contributed by atoms with Gasteiger partial charge in [0.1, 0.15) is 12.4 Å². The molecule has 3 N–H and O–H groups in total. The Kier molecular flexibility index (Phi) is 4.12. The van der Waals surface area contributed by atoms with E-state index in [-0.39, 0.29) is 6.61 Å². The molecule has 0 bridgehead atoms. The Morgan fingerprint density at radius 2 is 1.86 bits per heavy atom. The highest BCUT2D eigenvalue weighted by atomic mass is 16.6. The zero-order valence-corrected chi connectivity index (χ0v) is 11.1. The van der Waals surface area contributed by atoms with Gasteiger partial charge < -0.3 is 20.1 Å². The van der Waals surface area contributed by atoms with E-state index >= 15 is 0 Å². The van der Waals surface area contributed by atoms with Gasteiger partial charge in [-0.25, -0.2) is 4.79 Å². The summed E-state index contributed by atoms with van der Waals surface area (Å²) in [5.74, 6) is -4.08. The molecule has 0 aliphatic rings. The molecule has 2 aromatic carbocycles. The van der Waals surface area contributed by atoms with Gasteiger partial charge in [-0.3, -0.25) is 10.1 Å². The Bertz CT molecular complexity index is 728. The summed E-state index contributed by atoms with van der Waals surface area (Å²) in [6.07, 6.45) is 0. The van der Waals surface area contributed by atoms with Crippen LogP contribution in [0.5, 0.6) is 17.2 Å². The van der Waals surface area contributed by atoms with E-state index in [1.807, 2.05) is 0 Å². The second kappa shape index (κ2) is 6.00. The van der Waals surface area contributed by atoms with Crippen molar-refractivity contribution in [1.29, 1.82) is 0 Å². The van der Waals surface area contributed by atoms with Crippen molar-refractivity contribution in [2.75, 3.05) is 0 Å². The zero-order valence-electron chi connectivity index (χ0n) is 11.1. The van der Waals surface area contributed by atoms with Gasteiger partial charge >= 0.3 is 11.7 Å². The number of phenols is 2. The van der Waals surface area contributed by atoms with Crippen LogP contribution in [0.2, 0.25) is 0 Å². The Hall–Kier alpha value is -3.29. The van der Waals surface area contributed by atoms with Crippen molar-refractivity contribution in [3.05, 3.63) is 57.6 Å². The van der Waals surface area contributed by atoms with Gasteiger partial charge in [-0.05, 0) is 5.56 Å². The van der Waals surface area contributed by atoms with E-state index in [1.165, 1.54) is 0 Å². The van der Waals surface area contributed by atoms with Gasteiger partial charge in [0.15, 0.2) is 5.56 Å². The van der Waals surface area contributed by atoms with E-state index in [9.17, 15) is 25.1 Å². The van der Waals surface area contributed by atoms with Crippen molar-refractivity contribution >= 4 is 11.7 Å². The molecule has 114 valence electrons. The molecule has 0 amide bonds. The summed E-state index contributed by atoms with van der Waals surface area (Å²) in [4.78, 5) is 21.0. The van der Waals surface area contributed by atoms with Crippen LogP contribution in [0.1, 0.15) is 15.9 Å². The smallest absolute Gasteiger partial charge is 0.353 e. The number of carbonyl (C=O) groups is 1. The fourth-order valence-corrected chi connectivity index (χ4v) is 1.85. The summed E-state index contributed by atoms with van der Waals surface area (Å²) >= 11 is 0. The van der Waals surface area contributed by atoms with Crippen LogP contribution in [0.3, 0.4) is 0 Å². The Labute approximate surface area is 124 Å². The third-order valence-corrected chi connectivity index (χ3v) is 2.85. The lowest BCUT2D eigenvalue weighted by Gasteiger charge is -2.10. The van der Waals surface area contributed by atoms with Crippen molar-refractivity contribution in [2.24, 2.45) is 0 Å². The molecule has 8 heteroatoms. The van der Waals surface area contributed by atoms with E-state index < -0.39 is 39.4 Å². The van der Waals surface area contributed by atoms with Gasteiger partial charge in [0.2, 0.25) is 11.5 Å². The number of nitro benzene ring substituents is 1. The molecular weight excluding hydrogens is 294 g/mol. The fraction of sp³-hybridized carbons (Fsp3) is 0.0714. The van der Waals surface area contributed by atoms with Gasteiger partial charge in [-0.1, -0.05) is 30.3 Å². The number of benzene rings is 2. The van der Waals surface area contributed by atoms with Crippen LogP contribution >= 0.6 is 0 Å². The van der Waals surface area contributed by atoms with Crippen molar-refractivity contribution < 1.29 is 29.8 Å². The van der Waals surface area contributed by atoms with E-state index in [4.69, 9.17) is 9.84 Å². The monoisotopic (exact) mass is 305 g/mol. The third kappa shape index (κ3) is 2.90. The van der Waals surface area contributed by atoms with Crippen LogP contribution in [0.4, 0.5) is 5.69 Å². The van der Waals surface area contributed by atoms with Crippen molar-refractivity contribution in [3.63, 3.8) is 0 Å². The molecule has 0 unspecified atom stereocenters. The summed E-state index contributed by atoms with van der Waals surface area (Å²) in [7, 11) is 0. The molecule has 22 heavy (non-hydrogen) atoms. The Balaban J connectivity index is 2.43. The van der Waals surface area contributed by atoms with Crippen LogP contribution in [0, 0.1) is 10.1 Å². The van der Waals surface area contributed by atoms with Crippen molar-refractivity contribution in [2.45, 2.75) is 6.61 Å². The number of nitro groups is 1. The van der Waals surface area contributed by atoms with E-state index in [1.54, 1.807) is 30.3 Å². The predicted octanol–water partition coefficient (Wildman–Crippen LogP) is 2.28. The molecule has 2 rings (SSSR count). The number of aromatic hydroxyl groups is 2. The largest absolute Gasteiger partial charge is 0.507 e. The molecule has 0 radical (unpaired) electrons. The van der Waals surface area contributed by atoms with E-state index in [0.717, 1.165) is 6.07 Å². The number of ether oxygens (including phenoxy) is 1. The van der Waals surface area contributed by atoms with Crippen LogP contribution in [0.15, 0.2) is 36.4 Å². The Morgan fingerprint density at radius 1 is 1.23 bits per heavy atom. The number of hydrogen-bond acceptors (Lipinski definition) is 6. The quantitative estimate of drug-likeness (QED) is 0.570. The predicted molar refractivity (Wildman–Crippen MR) is 74.2 cm³/mol. The second-order valence-corrected chi connectivity index (χ2v) is 4.30. The first-order valence-corrected chi connectivity index (χ1v) is 6.05. The second-order valence-electron chi connectivity index (χ2n) is 4.30. The van der Waals surface area contributed by atoms with Crippen LogP contribution < -0.4 is 4.74 Å². The first-order valence-electron chi connectivity index (χ1n) is 6.05. The Morgan fingerprint density at radius 3 is 2.41 bits per heavy atom. The molecule has 0 aromatic heterocycles. The molecule has 0 fully saturated rings. The molecular formula is C14H11NO7. The fourth-order valence-electron chi connectivity index (χ4n) is 1.85. The molecule has 0 saturated heterocycles. The van der Waals surface area contributed by atoms with Gasteiger partial charge in [0.05, 0.1) is 4.92 Å². The molecule has 0 atom stereocenters. The minimum absolute atomic E-state index is 0.0486. The molecule has 0 aliphatic heterocycles. The normalized spacial score (nSPS) is 10.2. The van der Waals surface area contributed by atoms with Crippen molar-refractivity contribution in [3.8, 4) is 17.2 Å². The van der Waals surface area contributed by atoms with Gasteiger partial charge in [-0.15, -0.1) is 0 Å². The number of carboxylic acids is 1. The molecule has 0 saturated carbocycles. The number of aromatic carboxylic acids is 1. The van der Waals surface area contributed by atoms with Gasteiger partial charge in [0.25, 0.3) is 0 Å². The number of hydrogen-bond donors (Lipinski definition) is 3. The molecule has 2 aromatic rings. The maximum Gasteiger partial charge on any atom is 0.353 e. The lowest BCUT2D eigenvalue weighted by Crippen LogP contribution is -2.04. The first kappa shape index (κ1) is 15.1. The highest BCUT2D eigenvalue weighted by Gasteiger charge is 2.30. The molecule has 0 aliphatic carbocycles.